The molecule has 0 spiro atoms. The first-order chi connectivity index (χ1) is 8.21. The summed E-state index contributed by atoms with van der Waals surface area (Å²) in [5.74, 6) is -0.358. The molecule has 0 aliphatic carbocycles. The van der Waals surface area contributed by atoms with Crippen molar-refractivity contribution in [3.63, 3.8) is 0 Å². The van der Waals surface area contributed by atoms with Crippen molar-refractivity contribution >= 4 is 20.2 Å². The highest BCUT2D eigenvalue weighted by Crippen LogP contribution is 2.09. The molecule has 0 aromatic heterocycles. The number of hydrogen-bond donors (Lipinski definition) is 2. The molecule has 0 saturated heterocycles. The Labute approximate surface area is 114 Å². The molecule has 118 valence electrons. The SMILES string of the molecule is F.O=S(=O)(O)CCCCCCCCCCS(=O)(=O)O. The van der Waals surface area contributed by atoms with E-state index < -0.39 is 20.2 Å². The molecule has 0 aliphatic rings. The van der Waals surface area contributed by atoms with E-state index in [4.69, 9.17) is 9.11 Å². The number of rotatable bonds is 11. The lowest BCUT2D eigenvalue weighted by Crippen LogP contribution is -2.03. The zero-order valence-electron chi connectivity index (χ0n) is 10.8. The van der Waals surface area contributed by atoms with Crippen LogP contribution in [0.15, 0.2) is 0 Å². The Hall–Kier alpha value is -0.250. The molecular weight excluding hydrogens is 299 g/mol. The van der Waals surface area contributed by atoms with Gasteiger partial charge in [0, 0.05) is 0 Å². The van der Waals surface area contributed by atoms with Gasteiger partial charge in [-0.1, -0.05) is 38.5 Å². The summed E-state index contributed by atoms with van der Waals surface area (Å²) >= 11 is 0. The summed E-state index contributed by atoms with van der Waals surface area (Å²) in [6, 6.07) is 0. The van der Waals surface area contributed by atoms with Gasteiger partial charge in [0.15, 0.2) is 0 Å². The Morgan fingerprint density at radius 3 is 0.947 bits per heavy atom. The predicted octanol–water partition coefficient (Wildman–Crippen LogP) is 2.04. The van der Waals surface area contributed by atoms with E-state index in [0.29, 0.717) is 12.8 Å². The second-order valence-corrected chi connectivity index (χ2v) is 7.54. The summed E-state index contributed by atoms with van der Waals surface area (Å²) < 4.78 is 58.6. The van der Waals surface area contributed by atoms with Crippen LogP contribution in [0.5, 0.6) is 0 Å². The first kappa shape index (κ1) is 21.1. The first-order valence-corrected chi connectivity index (χ1v) is 9.33. The van der Waals surface area contributed by atoms with Crippen molar-refractivity contribution in [2.45, 2.75) is 51.4 Å². The van der Waals surface area contributed by atoms with Gasteiger partial charge in [-0.15, -0.1) is 0 Å². The highest BCUT2D eigenvalue weighted by atomic mass is 32.2. The van der Waals surface area contributed by atoms with Gasteiger partial charge in [-0.25, -0.2) is 0 Å². The first-order valence-electron chi connectivity index (χ1n) is 6.11. The van der Waals surface area contributed by atoms with E-state index in [1.807, 2.05) is 0 Å². The minimum atomic E-state index is -3.82. The van der Waals surface area contributed by atoms with Gasteiger partial charge in [0.1, 0.15) is 0 Å². The van der Waals surface area contributed by atoms with E-state index in [9.17, 15) is 16.8 Å². The Morgan fingerprint density at radius 2 is 0.737 bits per heavy atom. The van der Waals surface area contributed by atoms with E-state index >= 15 is 0 Å². The van der Waals surface area contributed by atoms with Crippen LogP contribution < -0.4 is 0 Å². The van der Waals surface area contributed by atoms with Gasteiger partial charge >= 0.3 is 0 Å². The van der Waals surface area contributed by atoms with Crippen LogP contribution >= 0.6 is 0 Å². The minimum Gasteiger partial charge on any atom is -0.286 e. The van der Waals surface area contributed by atoms with Crippen molar-refractivity contribution in [3.05, 3.63) is 0 Å². The van der Waals surface area contributed by atoms with Crippen LogP contribution in [0.1, 0.15) is 51.4 Å². The molecule has 9 heteroatoms. The third-order valence-corrected chi connectivity index (χ3v) is 4.16. The Kier molecular flexibility index (Phi) is 11.7. The fourth-order valence-electron chi connectivity index (χ4n) is 1.63. The molecule has 0 amide bonds. The van der Waals surface area contributed by atoms with Crippen LogP contribution in [0, 0.1) is 0 Å². The van der Waals surface area contributed by atoms with E-state index in [-0.39, 0.29) is 16.2 Å². The fourth-order valence-corrected chi connectivity index (χ4v) is 2.77. The molecule has 0 heterocycles. The van der Waals surface area contributed by atoms with Crippen molar-refractivity contribution in [1.29, 1.82) is 0 Å². The molecule has 0 atom stereocenters. The highest BCUT2D eigenvalue weighted by molar-refractivity contribution is 7.86. The van der Waals surface area contributed by atoms with E-state index in [0.717, 1.165) is 38.5 Å². The lowest BCUT2D eigenvalue weighted by molar-refractivity contribution is 0.474. The molecule has 0 radical (unpaired) electrons. The standard InChI is InChI=1S/C10H22O6S2.FH/c11-17(12,13)9-7-5-3-1-2-4-6-8-10-18(14,15)16;/h1-10H2,(H,11,12,13)(H,14,15,16);1H. The topological polar surface area (TPSA) is 109 Å². The average molecular weight is 322 g/mol. The van der Waals surface area contributed by atoms with Crippen molar-refractivity contribution < 1.29 is 30.6 Å². The van der Waals surface area contributed by atoms with Crippen LogP contribution in [0.3, 0.4) is 0 Å². The molecule has 0 aliphatic heterocycles. The zero-order chi connectivity index (χ0) is 14.1. The molecule has 0 fully saturated rings. The van der Waals surface area contributed by atoms with Gasteiger partial charge in [-0.2, -0.15) is 16.8 Å². The summed E-state index contributed by atoms with van der Waals surface area (Å²) in [5.41, 5.74) is 0. The molecule has 19 heavy (non-hydrogen) atoms. The average Bonchev–Trinajstić information content (AvgIpc) is 2.17. The third kappa shape index (κ3) is 20.2. The molecule has 2 N–H and O–H groups in total. The van der Waals surface area contributed by atoms with Crippen molar-refractivity contribution in [2.24, 2.45) is 0 Å². The number of hydrogen-bond acceptors (Lipinski definition) is 4. The molecule has 0 aromatic carbocycles. The Bertz CT molecular complexity index is 364. The molecule has 0 aromatic rings. The van der Waals surface area contributed by atoms with Crippen molar-refractivity contribution in [3.8, 4) is 0 Å². The maximum atomic E-state index is 10.4. The van der Waals surface area contributed by atoms with E-state index in [1.165, 1.54) is 0 Å². The fraction of sp³-hybridized carbons (Fsp3) is 1.00. The van der Waals surface area contributed by atoms with Crippen LogP contribution in [0.2, 0.25) is 0 Å². The van der Waals surface area contributed by atoms with Gasteiger partial charge in [0.25, 0.3) is 20.2 Å². The third-order valence-electron chi connectivity index (χ3n) is 2.55. The van der Waals surface area contributed by atoms with Gasteiger partial charge in [-0.3, -0.25) is 13.8 Å². The van der Waals surface area contributed by atoms with Crippen LogP contribution in [0.4, 0.5) is 4.70 Å². The Balaban J connectivity index is 0. The second kappa shape index (κ2) is 10.5. The summed E-state index contributed by atoms with van der Waals surface area (Å²) in [4.78, 5) is 0. The minimum absolute atomic E-state index is 0. The van der Waals surface area contributed by atoms with Crippen LogP contribution in [-0.2, 0) is 20.2 Å². The maximum absolute atomic E-state index is 10.4. The normalized spacial score (nSPS) is 12.1. The lowest BCUT2D eigenvalue weighted by atomic mass is 10.1. The van der Waals surface area contributed by atoms with Gasteiger partial charge in [0.2, 0.25) is 0 Å². The van der Waals surface area contributed by atoms with Gasteiger partial charge < -0.3 is 0 Å². The molecule has 0 unspecified atom stereocenters. The molecule has 6 nitrogen and oxygen atoms in total. The van der Waals surface area contributed by atoms with Crippen LogP contribution in [-0.4, -0.2) is 37.4 Å². The summed E-state index contributed by atoms with van der Waals surface area (Å²) in [7, 11) is -7.65. The largest absolute Gasteiger partial charge is 0.286 e. The summed E-state index contributed by atoms with van der Waals surface area (Å²) in [6.07, 6.45) is 6.25. The number of halogens is 1. The maximum Gasteiger partial charge on any atom is 0.264 e. The van der Waals surface area contributed by atoms with Gasteiger partial charge in [0.05, 0.1) is 11.5 Å². The monoisotopic (exact) mass is 322 g/mol. The smallest absolute Gasteiger partial charge is 0.264 e. The molecule has 0 saturated carbocycles. The second-order valence-electron chi connectivity index (χ2n) is 4.40. The van der Waals surface area contributed by atoms with Crippen molar-refractivity contribution in [2.75, 3.05) is 11.5 Å². The van der Waals surface area contributed by atoms with Gasteiger partial charge in [-0.05, 0) is 12.8 Å². The molecular formula is C10H23FO6S2. The quantitative estimate of drug-likeness (QED) is 0.445. The Morgan fingerprint density at radius 1 is 0.526 bits per heavy atom. The molecule has 0 rings (SSSR count). The zero-order valence-corrected chi connectivity index (χ0v) is 12.5. The molecule has 0 bridgehead atoms. The summed E-state index contributed by atoms with van der Waals surface area (Å²) in [6.45, 7) is 0. The van der Waals surface area contributed by atoms with E-state index in [2.05, 4.69) is 0 Å². The van der Waals surface area contributed by atoms with E-state index in [1.54, 1.807) is 0 Å². The number of unbranched alkanes of at least 4 members (excludes halogenated alkanes) is 7. The van der Waals surface area contributed by atoms with Crippen molar-refractivity contribution in [1.82, 2.24) is 0 Å². The highest BCUT2D eigenvalue weighted by Gasteiger charge is 2.04. The summed E-state index contributed by atoms with van der Waals surface area (Å²) in [5, 5.41) is 0. The predicted molar refractivity (Wildman–Crippen MR) is 72.3 cm³/mol. The lowest BCUT2D eigenvalue weighted by Gasteiger charge is -2.01. The van der Waals surface area contributed by atoms with Crippen LogP contribution in [0.25, 0.3) is 0 Å².